The average molecular weight is 251 g/mol. The zero-order valence-electron chi connectivity index (χ0n) is 9.44. The molecule has 0 bridgehead atoms. The molecule has 2 aromatic heterocycles. The molecule has 0 saturated carbocycles. The van der Waals surface area contributed by atoms with Crippen LogP contribution >= 0.6 is 11.6 Å². The molecule has 6 heteroatoms. The lowest BCUT2D eigenvalue weighted by Gasteiger charge is -2.11. The fraction of sp³-hybridized carbons (Fsp3) is 0.182. The van der Waals surface area contributed by atoms with E-state index in [0.717, 1.165) is 10.9 Å². The van der Waals surface area contributed by atoms with Crippen LogP contribution in [0.15, 0.2) is 12.3 Å². The Morgan fingerprint density at radius 1 is 1.47 bits per heavy atom. The van der Waals surface area contributed by atoms with E-state index >= 15 is 0 Å². The van der Waals surface area contributed by atoms with Gasteiger partial charge in [-0.3, -0.25) is 4.79 Å². The molecule has 1 N–H and O–H groups in total. The van der Waals surface area contributed by atoms with E-state index in [9.17, 15) is 4.79 Å². The normalized spacial score (nSPS) is 11.2. The van der Waals surface area contributed by atoms with Gasteiger partial charge in [-0.15, -0.1) is 0 Å². The van der Waals surface area contributed by atoms with E-state index in [2.05, 4.69) is 15.0 Å². The number of nitrogens with one attached hydrogen (secondary N) is 1. The Morgan fingerprint density at radius 3 is 2.88 bits per heavy atom. The van der Waals surface area contributed by atoms with Crippen molar-refractivity contribution in [3.05, 3.63) is 23.1 Å². The van der Waals surface area contributed by atoms with E-state index in [4.69, 9.17) is 11.6 Å². The lowest BCUT2D eigenvalue weighted by atomic mass is 10.2. The number of nitrogens with zero attached hydrogens (tertiary/aromatic N) is 3. The van der Waals surface area contributed by atoms with Gasteiger partial charge in [0.15, 0.2) is 0 Å². The average Bonchev–Trinajstić information content (AvgIpc) is 2.71. The standard InChI is InChI=1S/C11H11ClN4O/c1-3-4-7-5-13-9-8(7)10(16(2)6-17)15-11(12)14-9/h3-6H,1-2H3,(H,13,14,15)/b4-3-. The fourth-order valence-corrected chi connectivity index (χ4v) is 1.79. The Morgan fingerprint density at radius 2 is 2.24 bits per heavy atom. The van der Waals surface area contributed by atoms with Crippen LogP contribution in [-0.4, -0.2) is 28.4 Å². The van der Waals surface area contributed by atoms with Crippen molar-refractivity contribution in [3.63, 3.8) is 0 Å². The van der Waals surface area contributed by atoms with Crippen LogP contribution in [0.5, 0.6) is 0 Å². The third kappa shape index (κ3) is 2.01. The van der Waals surface area contributed by atoms with Gasteiger partial charge in [-0.25, -0.2) is 0 Å². The van der Waals surface area contributed by atoms with Gasteiger partial charge in [0.2, 0.25) is 11.7 Å². The molecular formula is C11H11ClN4O. The van der Waals surface area contributed by atoms with Gasteiger partial charge in [0.25, 0.3) is 0 Å². The first-order valence-electron chi connectivity index (χ1n) is 5.02. The maximum absolute atomic E-state index is 10.8. The monoisotopic (exact) mass is 250 g/mol. The van der Waals surface area contributed by atoms with Gasteiger partial charge < -0.3 is 9.88 Å². The number of allylic oxidation sites excluding steroid dienone is 1. The van der Waals surface area contributed by atoms with E-state index in [1.165, 1.54) is 4.90 Å². The minimum atomic E-state index is 0.107. The van der Waals surface area contributed by atoms with E-state index < -0.39 is 0 Å². The SMILES string of the molecule is C/C=C\c1c[nH]c2nc(Cl)nc(N(C)C=O)c12. The predicted octanol–water partition coefficient (Wildman–Crippen LogP) is 2.24. The van der Waals surface area contributed by atoms with E-state index in [-0.39, 0.29) is 5.28 Å². The molecule has 0 aliphatic heterocycles. The molecule has 1 amide bonds. The summed E-state index contributed by atoms with van der Waals surface area (Å²) in [5, 5.41) is 0.886. The van der Waals surface area contributed by atoms with E-state index in [1.54, 1.807) is 13.2 Å². The Balaban J connectivity index is 2.78. The first-order valence-corrected chi connectivity index (χ1v) is 5.40. The van der Waals surface area contributed by atoms with Gasteiger partial charge >= 0.3 is 0 Å². The largest absolute Gasteiger partial charge is 0.345 e. The molecule has 0 aliphatic rings. The van der Waals surface area contributed by atoms with Gasteiger partial charge in [0, 0.05) is 18.8 Å². The first-order chi connectivity index (χ1) is 8.17. The van der Waals surface area contributed by atoms with Crippen LogP contribution in [0.1, 0.15) is 12.5 Å². The molecule has 5 nitrogen and oxygen atoms in total. The van der Waals surface area contributed by atoms with Gasteiger partial charge in [0.05, 0.1) is 5.39 Å². The van der Waals surface area contributed by atoms with Crippen molar-refractivity contribution in [1.82, 2.24) is 15.0 Å². The number of anilines is 1. The third-order valence-corrected chi connectivity index (χ3v) is 2.52. The van der Waals surface area contributed by atoms with Crippen molar-refractivity contribution < 1.29 is 4.79 Å². The zero-order chi connectivity index (χ0) is 12.4. The number of halogens is 1. The fourth-order valence-electron chi connectivity index (χ4n) is 1.63. The quantitative estimate of drug-likeness (QED) is 0.671. The topological polar surface area (TPSA) is 61.9 Å². The Bertz CT molecular complexity index is 590. The molecule has 88 valence electrons. The number of hydrogen-bond donors (Lipinski definition) is 1. The van der Waals surface area contributed by atoms with Crippen molar-refractivity contribution in [2.24, 2.45) is 0 Å². The van der Waals surface area contributed by atoms with Gasteiger partial charge in [0.1, 0.15) is 11.5 Å². The van der Waals surface area contributed by atoms with Crippen LogP contribution in [-0.2, 0) is 4.79 Å². The van der Waals surface area contributed by atoms with Crippen molar-refractivity contribution in [2.45, 2.75) is 6.92 Å². The van der Waals surface area contributed by atoms with Gasteiger partial charge in [-0.05, 0) is 18.5 Å². The number of carbonyl (C=O) groups excluding carboxylic acids is 1. The molecule has 0 atom stereocenters. The summed E-state index contributed by atoms with van der Waals surface area (Å²) >= 11 is 5.81. The number of fused-ring (bicyclic) bond motifs is 1. The highest BCUT2D eigenvalue weighted by atomic mass is 35.5. The summed E-state index contributed by atoms with van der Waals surface area (Å²) in [6.45, 7) is 1.92. The van der Waals surface area contributed by atoms with Crippen molar-refractivity contribution in [1.29, 1.82) is 0 Å². The summed E-state index contributed by atoms with van der Waals surface area (Å²) in [4.78, 5) is 23.4. The summed E-state index contributed by atoms with van der Waals surface area (Å²) in [5.74, 6) is 0.490. The minimum Gasteiger partial charge on any atom is -0.345 e. The molecule has 0 spiro atoms. The Kier molecular flexibility index (Phi) is 3.10. The summed E-state index contributed by atoms with van der Waals surface area (Å²) in [5.41, 5.74) is 1.53. The Labute approximate surface area is 103 Å². The van der Waals surface area contributed by atoms with Gasteiger partial charge in [-0.2, -0.15) is 9.97 Å². The third-order valence-electron chi connectivity index (χ3n) is 2.35. The number of aromatic nitrogens is 3. The van der Waals surface area contributed by atoms with Crippen LogP contribution in [0.25, 0.3) is 17.1 Å². The lowest BCUT2D eigenvalue weighted by Crippen LogP contribution is -2.16. The highest BCUT2D eigenvalue weighted by Gasteiger charge is 2.14. The smallest absolute Gasteiger partial charge is 0.226 e. The second-order valence-corrected chi connectivity index (χ2v) is 3.84. The van der Waals surface area contributed by atoms with Crippen LogP contribution in [0.2, 0.25) is 5.28 Å². The Hall–Kier alpha value is -1.88. The molecule has 0 unspecified atom stereocenters. The molecule has 0 radical (unpaired) electrons. The minimum absolute atomic E-state index is 0.107. The number of rotatable bonds is 3. The number of hydrogen-bond acceptors (Lipinski definition) is 3. The van der Waals surface area contributed by atoms with Crippen LogP contribution in [0, 0.1) is 0 Å². The molecule has 0 saturated heterocycles. The van der Waals surface area contributed by atoms with Crippen LogP contribution < -0.4 is 4.90 Å². The highest BCUT2D eigenvalue weighted by molar-refractivity contribution is 6.29. The van der Waals surface area contributed by atoms with Crippen LogP contribution in [0.4, 0.5) is 5.82 Å². The maximum Gasteiger partial charge on any atom is 0.226 e. The molecule has 0 fully saturated rings. The summed E-state index contributed by atoms with van der Waals surface area (Å²) in [6, 6.07) is 0. The number of carbonyl (C=O) groups is 1. The van der Waals surface area contributed by atoms with Crippen LogP contribution in [0.3, 0.4) is 0 Å². The maximum atomic E-state index is 10.8. The van der Waals surface area contributed by atoms with Crippen molar-refractivity contribution in [3.8, 4) is 0 Å². The molecule has 2 aromatic rings. The molecule has 17 heavy (non-hydrogen) atoms. The highest BCUT2D eigenvalue weighted by Crippen LogP contribution is 2.28. The molecule has 2 heterocycles. The first kappa shape index (κ1) is 11.6. The number of amides is 1. The summed E-state index contributed by atoms with van der Waals surface area (Å²) in [7, 11) is 1.62. The second kappa shape index (κ2) is 4.55. The molecule has 0 aliphatic carbocycles. The number of H-pyrrole nitrogens is 1. The summed E-state index contributed by atoms with van der Waals surface area (Å²) in [6.07, 6.45) is 6.31. The zero-order valence-corrected chi connectivity index (χ0v) is 10.2. The molecule has 2 rings (SSSR count). The van der Waals surface area contributed by atoms with E-state index in [0.29, 0.717) is 17.9 Å². The van der Waals surface area contributed by atoms with Crippen molar-refractivity contribution >= 4 is 40.9 Å². The van der Waals surface area contributed by atoms with E-state index in [1.807, 2.05) is 19.1 Å². The van der Waals surface area contributed by atoms with Crippen molar-refractivity contribution in [2.75, 3.05) is 11.9 Å². The van der Waals surface area contributed by atoms with Gasteiger partial charge in [-0.1, -0.05) is 12.2 Å². The second-order valence-electron chi connectivity index (χ2n) is 3.50. The summed E-state index contributed by atoms with van der Waals surface area (Å²) < 4.78 is 0. The molecule has 0 aromatic carbocycles. The lowest BCUT2D eigenvalue weighted by molar-refractivity contribution is -0.107. The number of aromatic amines is 1. The predicted molar refractivity (Wildman–Crippen MR) is 68.1 cm³/mol. The molecular weight excluding hydrogens is 240 g/mol.